The smallest absolute Gasteiger partial charge is 0.256 e. The molecule has 4 nitrogen and oxygen atoms in total. The van der Waals surface area contributed by atoms with Crippen LogP contribution in [-0.2, 0) is 0 Å². The minimum Gasteiger partial charge on any atom is -0.506 e. The van der Waals surface area contributed by atoms with Crippen molar-refractivity contribution >= 4 is 5.91 Å². The molecule has 0 radical (unpaired) electrons. The molecule has 0 aliphatic rings. The van der Waals surface area contributed by atoms with Crippen molar-refractivity contribution in [1.29, 1.82) is 0 Å². The molecule has 0 fully saturated rings. The lowest BCUT2D eigenvalue weighted by Gasteiger charge is -2.34. The van der Waals surface area contributed by atoms with Gasteiger partial charge in [-0.1, -0.05) is 6.08 Å². The third kappa shape index (κ3) is 3.31. The summed E-state index contributed by atoms with van der Waals surface area (Å²) in [5.41, 5.74) is 0.0678. The van der Waals surface area contributed by atoms with Gasteiger partial charge >= 0.3 is 0 Å². The van der Waals surface area contributed by atoms with Crippen LogP contribution in [0.1, 0.15) is 31.1 Å². The number of hydrogen-bond donors (Lipinski definition) is 1. The molecule has 0 aliphatic carbocycles. The van der Waals surface area contributed by atoms with E-state index in [0.717, 1.165) is 0 Å². The molecular formula is C13H18N2O2. The summed E-state index contributed by atoms with van der Waals surface area (Å²) in [4.78, 5) is 17.7. The first kappa shape index (κ1) is 13.2. The molecule has 0 bridgehead atoms. The Morgan fingerprint density at radius 3 is 2.65 bits per heavy atom. The van der Waals surface area contributed by atoms with Gasteiger partial charge in [-0.25, -0.2) is 0 Å². The Bertz CT molecular complexity index is 422. The van der Waals surface area contributed by atoms with Crippen LogP contribution in [0, 0.1) is 0 Å². The summed E-state index contributed by atoms with van der Waals surface area (Å²) in [5.74, 6) is -0.177. The van der Waals surface area contributed by atoms with Crippen LogP contribution >= 0.6 is 0 Å². The van der Waals surface area contributed by atoms with E-state index in [1.807, 2.05) is 20.8 Å². The van der Waals surface area contributed by atoms with E-state index in [1.54, 1.807) is 11.0 Å². The van der Waals surface area contributed by atoms with Crippen LogP contribution in [0.5, 0.6) is 5.75 Å². The molecule has 0 atom stereocenters. The monoisotopic (exact) mass is 234 g/mol. The Hall–Kier alpha value is -1.84. The van der Waals surface area contributed by atoms with Gasteiger partial charge in [-0.3, -0.25) is 9.78 Å². The van der Waals surface area contributed by atoms with E-state index in [9.17, 15) is 9.90 Å². The molecule has 1 heterocycles. The van der Waals surface area contributed by atoms with Crippen LogP contribution < -0.4 is 0 Å². The molecule has 1 N–H and O–H groups in total. The average molecular weight is 234 g/mol. The normalized spacial score (nSPS) is 11.0. The van der Waals surface area contributed by atoms with Crippen LogP contribution in [0.25, 0.3) is 0 Å². The van der Waals surface area contributed by atoms with Gasteiger partial charge in [0.25, 0.3) is 5.91 Å². The van der Waals surface area contributed by atoms with Crippen LogP contribution in [0.2, 0.25) is 0 Å². The molecule has 0 unspecified atom stereocenters. The summed E-state index contributed by atoms with van der Waals surface area (Å²) >= 11 is 0. The Morgan fingerprint density at radius 2 is 2.18 bits per heavy atom. The predicted octanol–water partition coefficient (Wildman–Crippen LogP) is 2.21. The molecule has 17 heavy (non-hydrogen) atoms. The molecule has 0 saturated heterocycles. The van der Waals surface area contributed by atoms with Gasteiger partial charge in [0.2, 0.25) is 0 Å². The number of amides is 1. The Kier molecular flexibility index (Phi) is 3.89. The fraction of sp³-hybridized carbons (Fsp3) is 0.385. The number of aromatic hydroxyl groups is 1. The minimum absolute atomic E-state index is 0.0108. The third-order valence-corrected chi connectivity index (χ3v) is 2.34. The first-order valence-electron chi connectivity index (χ1n) is 5.43. The van der Waals surface area contributed by atoms with Crippen molar-refractivity contribution in [2.75, 3.05) is 6.54 Å². The quantitative estimate of drug-likeness (QED) is 0.816. The van der Waals surface area contributed by atoms with Crippen molar-refractivity contribution in [3.63, 3.8) is 0 Å². The maximum Gasteiger partial charge on any atom is 0.256 e. The number of carbonyl (C=O) groups is 1. The zero-order valence-electron chi connectivity index (χ0n) is 10.5. The highest BCUT2D eigenvalue weighted by Gasteiger charge is 2.26. The molecule has 0 aromatic carbocycles. The van der Waals surface area contributed by atoms with Crippen molar-refractivity contribution in [3.05, 3.63) is 36.7 Å². The molecule has 0 saturated carbocycles. The predicted molar refractivity (Wildman–Crippen MR) is 66.9 cm³/mol. The van der Waals surface area contributed by atoms with Gasteiger partial charge in [0, 0.05) is 18.3 Å². The number of nitrogens with zero attached hydrogens (tertiary/aromatic N) is 2. The highest BCUT2D eigenvalue weighted by molar-refractivity contribution is 5.94. The second-order valence-electron chi connectivity index (χ2n) is 4.81. The van der Waals surface area contributed by atoms with E-state index in [1.165, 1.54) is 18.5 Å². The molecule has 1 aromatic rings. The van der Waals surface area contributed by atoms with Crippen molar-refractivity contribution in [2.24, 2.45) is 0 Å². The first-order valence-corrected chi connectivity index (χ1v) is 5.43. The van der Waals surface area contributed by atoms with E-state index < -0.39 is 0 Å². The van der Waals surface area contributed by atoms with Crippen LogP contribution in [0.15, 0.2) is 31.1 Å². The van der Waals surface area contributed by atoms with E-state index in [2.05, 4.69) is 11.6 Å². The summed E-state index contributed by atoms with van der Waals surface area (Å²) in [5, 5.41) is 9.32. The number of aromatic nitrogens is 1. The maximum absolute atomic E-state index is 12.3. The van der Waals surface area contributed by atoms with E-state index >= 15 is 0 Å². The van der Waals surface area contributed by atoms with Gasteiger partial charge in [-0.15, -0.1) is 6.58 Å². The van der Waals surface area contributed by atoms with Gasteiger partial charge in [0.1, 0.15) is 5.75 Å². The maximum atomic E-state index is 12.3. The molecule has 1 amide bonds. The lowest BCUT2D eigenvalue weighted by molar-refractivity contribution is 0.0615. The third-order valence-electron chi connectivity index (χ3n) is 2.34. The van der Waals surface area contributed by atoms with Gasteiger partial charge in [0.15, 0.2) is 0 Å². The minimum atomic E-state index is -0.309. The largest absolute Gasteiger partial charge is 0.506 e. The van der Waals surface area contributed by atoms with Gasteiger partial charge in [0.05, 0.1) is 11.8 Å². The van der Waals surface area contributed by atoms with Crippen LogP contribution in [-0.4, -0.2) is 33.0 Å². The summed E-state index contributed by atoms with van der Waals surface area (Å²) < 4.78 is 0. The topological polar surface area (TPSA) is 53.4 Å². The van der Waals surface area contributed by atoms with Crippen LogP contribution in [0.3, 0.4) is 0 Å². The SMILES string of the molecule is C=CCN(C(=O)c1cncc(O)c1)C(C)(C)C. The Morgan fingerprint density at radius 1 is 1.53 bits per heavy atom. The standard InChI is InChI=1S/C13H18N2O2/c1-5-6-15(13(2,3)4)12(17)10-7-11(16)9-14-8-10/h5,7-9,16H,1,6H2,2-4H3. The second kappa shape index (κ2) is 4.99. The fourth-order valence-corrected chi connectivity index (χ4v) is 1.49. The van der Waals surface area contributed by atoms with Crippen molar-refractivity contribution in [1.82, 2.24) is 9.88 Å². The van der Waals surface area contributed by atoms with E-state index in [0.29, 0.717) is 12.1 Å². The summed E-state index contributed by atoms with van der Waals surface area (Å²) in [6.07, 6.45) is 4.43. The highest BCUT2D eigenvalue weighted by Crippen LogP contribution is 2.18. The molecule has 4 heteroatoms. The molecule has 0 spiro atoms. The van der Waals surface area contributed by atoms with Crippen LogP contribution in [0.4, 0.5) is 0 Å². The molecule has 92 valence electrons. The number of rotatable bonds is 3. The lowest BCUT2D eigenvalue weighted by atomic mass is 10.0. The second-order valence-corrected chi connectivity index (χ2v) is 4.81. The summed E-state index contributed by atoms with van der Waals surface area (Å²) in [6.45, 7) is 9.95. The molecular weight excluding hydrogens is 216 g/mol. The summed E-state index contributed by atoms with van der Waals surface area (Å²) in [7, 11) is 0. The molecule has 1 rings (SSSR count). The zero-order chi connectivity index (χ0) is 13.1. The van der Waals surface area contributed by atoms with Gasteiger partial charge in [-0.05, 0) is 26.8 Å². The zero-order valence-corrected chi connectivity index (χ0v) is 10.5. The number of pyridine rings is 1. The lowest BCUT2D eigenvalue weighted by Crippen LogP contribution is -2.45. The molecule has 1 aromatic heterocycles. The Labute approximate surface area is 102 Å². The number of hydrogen-bond acceptors (Lipinski definition) is 3. The van der Waals surface area contributed by atoms with E-state index in [4.69, 9.17) is 0 Å². The van der Waals surface area contributed by atoms with Crippen molar-refractivity contribution in [2.45, 2.75) is 26.3 Å². The first-order chi connectivity index (χ1) is 7.86. The van der Waals surface area contributed by atoms with Gasteiger partial charge < -0.3 is 10.0 Å². The average Bonchev–Trinajstić information content (AvgIpc) is 2.23. The van der Waals surface area contributed by atoms with Crippen molar-refractivity contribution in [3.8, 4) is 5.75 Å². The van der Waals surface area contributed by atoms with Crippen molar-refractivity contribution < 1.29 is 9.90 Å². The summed E-state index contributed by atoms with van der Waals surface area (Å²) in [6, 6.07) is 1.41. The number of carbonyl (C=O) groups excluding carboxylic acids is 1. The van der Waals surface area contributed by atoms with Gasteiger partial charge in [-0.2, -0.15) is 0 Å². The van der Waals surface area contributed by atoms with E-state index in [-0.39, 0.29) is 17.2 Å². The fourth-order valence-electron chi connectivity index (χ4n) is 1.49. The molecule has 0 aliphatic heterocycles. The highest BCUT2D eigenvalue weighted by atomic mass is 16.3. The Balaban J connectivity index is 3.04.